The van der Waals surface area contributed by atoms with Gasteiger partial charge in [0.2, 0.25) is 5.91 Å². The highest BCUT2D eigenvalue weighted by Crippen LogP contribution is 2.41. The summed E-state index contributed by atoms with van der Waals surface area (Å²) in [5.41, 5.74) is 0.928. The van der Waals surface area contributed by atoms with Gasteiger partial charge in [-0.15, -0.1) is 10.2 Å². The number of amides is 1. The minimum absolute atomic E-state index is 0.0151. The number of methoxy groups -OCH3 is 3. The molecular formula is C20H26N4O4. The van der Waals surface area contributed by atoms with Gasteiger partial charge in [-0.2, -0.15) is 0 Å². The topological polar surface area (TPSA) is 78.7 Å². The van der Waals surface area contributed by atoms with Crippen LogP contribution in [0.25, 0.3) is 11.4 Å². The molecule has 0 radical (unpaired) electrons. The van der Waals surface area contributed by atoms with Gasteiger partial charge in [0.15, 0.2) is 23.1 Å². The van der Waals surface area contributed by atoms with E-state index in [9.17, 15) is 4.79 Å². The van der Waals surface area contributed by atoms with Crippen molar-refractivity contribution >= 4 is 5.91 Å². The number of hydrogen-bond donors (Lipinski definition) is 0. The van der Waals surface area contributed by atoms with E-state index in [0.717, 1.165) is 42.9 Å². The number of fused-ring (bicyclic) bond motifs is 3. The van der Waals surface area contributed by atoms with Gasteiger partial charge in [-0.1, -0.05) is 12.8 Å². The molecule has 2 heterocycles. The van der Waals surface area contributed by atoms with Gasteiger partial charge in [0.25, 0.3) is 0 Å². The summed E-state index contributed by atoms with van der Waals surface area (Å²) in [6.45, 7) is 0.559. The lowest BCUT2D eigenvalue weighted by Crippen LogP contribution is -2.51. The molecule has 0 saturated heterocycles. The molecule has 2 aromatic rings. The van der Waals surface area contributed by atoms with E-state index in [1.807, 2.05) is 23.1 Å². The van der Waals surface area contributed by atoms with E-state index >= 15 is 0 Å². The van der Waals surface area contributed by atoms with Crippen LogP contribution in [0.4, 0.5) is 0 Å². The number of aromatic nitrogens is 3. The van der Waals surface area contributed by atoms with E-state index in [0.29, 0.717) is 18.0 Å². The van der Waals surface area contributed by atoms with Gasteiger partial charge in [-0.25, -0.2) is 0 Å². The summed E-state index contributed by atoms with van der Waals surface area (Å²) in [7, 11) is 4.80. The van der Waals surface area contributed by atoms with Crippen LogP contribution in [0, 0.1) is 0 Å². The van der Waals surface area contributed by atoms with Crippen molar-refractivity contribution in [3.05, 3.63) is 24.0 Å². The molecule has 28 heavy (non-hydrogen) atoms. The van der Waals surface area contributed by atoms with Crippen molar-refractivity contribution in [1.82, 2.24) is 19.7 Å². The smallest absolute Gasteiger partial charge is 0.249 e. The van der Waals surface area contributed by atoms with E-state index in [1.54, 1.807) is 21.3 Å². The van der Waals surface area contributed by atoms with E-state index in [-0.39, 0.29) is 24.6 Å². The first-order valence-electron chi connectivity index (χ1n) is 9.62. The summed E-state index contributed by atoms with van der Waals surface area (Å²) in [6, 6.07) is 6.11. The SMILES string of the molecule is COCC(=O)N1Cc2nnc(-c3ccc(OC)c(OC)c3)n2[C@@H]2CCCC[C@H]21. The Morgan fingerprint density at radius 3 is 2.54 bits per heavy atom. The molecule has 1 aliphatic carbocycles. The Morgan fingerprint density at radius 1 is 1.07 bits per heavy atom. The maximum absolute atomic E-state index is 12.6. The third kappa shape index (κ3) is 3.11. The summed E-state index contributed by atoms with van der Waals surface area (Å²) in [5.74, 6) is 2.98. The Bertz CT molecular complexity index is 866. The highest BCUT2D eigenvalue weighted by molar-refractivity contribution is 5.78. The van der Waals surface area contributed by atoms with Crippen molar-refractivity contribution in [2.45, 2.75) is 44.3 Å². The molecule has 0 spiro atoms. The third-order valence-corrected chi connectivity index (χ3v) is 5.73. The largest absolute Gasteiger partial charge is 0.493 e. The Morgan fingerprint density at radius 2 is 1.82 bits per heavy atom. The number of rotatable bonds is 5. The second kappa shape index (κ2) is 7.79. The van der Waals surface area contributed by atoms with Gasteiger partial charge in [0.05, 0.1) is 32.8 Å². The van der Waals surface area contributed by atoms with E-state index in [2.05, 4.69) is 14.8 Å². The van der Waals surface area contributed by atoms with E-state index in [1.165, 1.54) is 0 Å². The third-order valence-electron chi connectivity index (χ3n) is 5.73. The van der Waals surface area contributed by atoms with Crippen LogP contribution in [0.1, 0.15) is 37.5 Å². The Hall–Kier alpha value is -2.61. The molecule has 150 valence electrons. The van der Waals surface area contributed by atoms with Crippen molar-refractivity contribution in [2.75, 3.05) is 27.9 Å². The predicted octanol–water partition coefficient (Wildman–Crippen LogP) is 2.43. The van der Waals surface area contributed by atoms with Gasteiger partial charge >= 0.3 is 0 Å². The van der Waals surface area contributed by atoms with Crippen LogP contribution < -0.4 is 9.47 Å². The highest BCUT2D eigenvalue weighted by Gasteiger charge is 2.41. The first kappa shape index (κ1) is 18.7. The zero-order chi connectivity index (χ0) is 19.7. The molecule has 1 aliphatic heterocycles. The minimum atomic E-state index is 0.0151. The maximum atomic E-state index is 12.6. The number of hydrogen-bond acceptors (Lipinski definition) is 6. The lowest BCUT2D eigenvalue weighted by Gasteiger charge is -2.44. The normalized spacial score (nSPS) is 21.0. The molecule has 1 fully saturated rings. The van der Waals surface area contributed by atoms with E-state index in [4.69, 9.17) is 14.2 Å². The molecule has 8 heteroatoms. The molecule has 1 amide bonds. The van der Waals surface area contributed by atoms with Gasteiger partial charge in [0, 0.05) is 12.7 Å². The van der Waals surface area contributed by atoms with Crippen molar-refractivity contribution in [3.8, 4) is 22.9 Å². The van der Waals surface area contributed by atoms with Crippen molar-refractivity contribution < 1.29 is 19.0 Å². The van der Waals surface area contributed by atoms with Gasteiger partial charge in [-0.3, -0.25) is 4.79 Å². The average Bonchev–Trinajstić information content (AvgIpc) is 3.17. The second-order valence-corrected chi connectivity index (χ2v) is 7.25. The van der Waals surface area contributed by atoms with Crippen molar-refractivity contribution in [2.24, 2.45) is 0 Å². The molecule has 8 nitrogen and oxygen atoms in total. The van der Waals surface area contributed by atoms with Crippen molar-refractivity contribution in [3.63, 3.8) is 0 Å². The average molecular weight is 386 g/mol. The summed E-state index contributed by atoms with van der Waals surface area (Å²) in [4.78, 5) is 14.5. The summed E-state index contributed by atoms with van der Waals surface area (Å²) >= 11 is 0. The van der Waals surface area contributed by atoms with Gasteiger partial charge < -0.3 is 23.7 Å². The van der Waals surface area contributed by atoms with Crippen LogP contribution in [-0.2, 0) is 16.1 Å². The highest BCUT2D eigenvalue weighted by atomic mass is 16.5. The molecule has 0 unspecified atom stereocenters. The fraction of sp³-hybridized carbons (Fsp3) is 0.550. The first-order valence-corrected chi connectivity index (χ1v) is 9.62. The maximum Gasteiger partial charge on any atom is 0.249 e. The lowest BCUT2D eigenvalue weighted by molar-refractivity contribution is -0.141. The van der Waals surface area contributed by atoms with Crippen molar-refractivity contribution in [1.29, 1.82) is 0 Å². The molecule has 4 rings (SSSR count). The van der Waals surface area contributed by atoms with Crippen LogP contribution in [0.5, 0.6) is 11.5 Å². The fourth-order valence-electron chi connectivity index (χ4n) is 4.46. The summed E-state index contributed by atoms with van der Waals surface area (Å²) in [5, 5.41) is 8.90. The number of ether oxygens (including phenoxy) is 3. The van der Waals surface area contributed by atoms with Crippen LogP contribution in [0.15, 0.2) is 18.2 Å². The lowest BCUT2D eigenvalue weighted by atomic mass is 9.87. The van der Waals surface area contributed by atoms with Gasteiger partial charge in [-0.05, 0) is 31.0 Å². The fourth-order valence-corrected chi connectivity index (χ4v) is 4.46. The standard InChI is InChI=1S/C20H26N4O4/c1-26-12-19(25)23-11-18-21-22-20(24(18)15-7-5-4-6-14(15)23)13-8-9-16(27-2)17(10-13)28-3/h8-10,14-15H,4-7,11-12H2,1-3H3/t14-,15-/m1/s1. The second-order valence-electron chi connectivity index (χ2n) is 7.25. The molecule has 0 bridgehead atoms. The Labute approximate surface area is 164 Å². The Kier molecular flexibility index (Phi) is 5.21. The molecule has 1 saturated carbocycles. The quantitative estimate of drug-likeness (QED) is 0.785. The van der Waals surface area contributed by atoms with Gasteiger partial charge in [0.1, 0.15) is 6.61 Å². The zero-order valence-electron chi connectivity index (χ0n) is 16.6. The minimum Gasteiger partial charge on any atom is -0.493 e. The summed E-state index contributed by atoms with van der Waals surface area (Å²) in [6.07, 6.45) is 4.26. The number of carbonyl (C=O) groups excluding carboxylic acids is 1. The van der Waals surface area contributed by atoms with Crippen LogP contribution in [-0.4, -0.2) is 59.5 Å². The zero-order valence-corrected chi connectivity index (χ0v) is 16.6. The molecular weight excluding hydrogens is 360 g/mol. The van der Waals surface area contributed by atoms with Crippen LogP contribution in [0.2, 0.25) is 0 Å². The molecule has 2 atom stereocenters. The molecule has 1 aromatic heterocycles. The van der Waals surface area contributed by atoms with E-state index < -0.39 is 0 Å². The Balaban J connectivity index is 1.75. The monoisotopic (exact) mass is 386 g/mol. The number of nitrogens with zero attached hydrogens (tertiary/aromatic N) is 4. The number of carbonyl (C=O) groups is 1. The first-order chi connectivity index (χ1) is 13.7. The predicted molar refractivity (Wildman–Crippen MR) is 102 cm³/mol. The number of benzene rings is 1. The molecule has 2 aliphatic rings. The molecule has 0 N–H and O–H groups in total. The van der Waals surface area contributed by atoms with Crippen LogP contribution >= 0.6 is 0 Å². The molecule has 1 aromatic carbocycles. The summed E-state index contributed by atoms with van der Waals surface area (Å²) < 4.78 is 18.1. The van der Waals surface area contributed by atoms with Crippen LogP contribution in [0.3, 0.4) is 0 Å².